The number of aliphatic carboxylic acids is 1. The topological polar surface area (TPSA) is 226 Å². The molecule has 0 unspecified atom stereocenters. The summed E-state index contributed by atoms with van der Waals surface area (Å²) in [7, 11) is 1.31. The third kappa shape index (κ3) is 11.7. The number of carbonyl (C=O) groups excluding carboxylic acids is 3. The highest BCUT2D eigenvalue weighted by Crippen LogP contribution is 2.32. The number of aromatic nitrogens is 4. The fourth-order valence-electron chi connectivity index (χ4n) is 5.31. The number of nitrogens with one attached hydrogen (secondary N) is 2. The predicted molar refractivity (Wildman–Crippen MR) is 199 cm³/mol. The van der Waals surface area contributed by atoms with Crippen LogP contribution in [0.5, 0.6) is 5.75 Å². The number of carbonyl (C=O) groups is 4. The zero-order chi connectivity index (χ0) is 41.0. The van der Waals surface area contributed by atoms with Crippen LogP contribution in [0.3, 0.4) is 0 Å². The van der Waals surface area contributed by atoms with Gasteiger partial charge in [0.15, 0.2) is 5.89 Å². The maximum Gasteiger partial charge on any atom is 0.490 e. The maximum absolute atomic E-state index is 13.4. The van der Waals surface area contributed by atoms with E-state index in [9.17, 15) is 27.6 Å². The predicted octanol–water partition coefficient (Wildman–Crippen LogP) is 4.59. The molecule has 0 atom stereocenters. The molecule has 0 radical (unpaired) electrons. The van der Waals surface area contributed by atoms with Crippen LogP contribution in [0.15, 0.2) is 45.4 Å². The number of benzene rings is 1. The molecule has 56 heavy (non-hydrogen) atoms. The average molecular weight is 854 g/mol. The number of imidazole rings is 1. The van der Waals surface area contributed by atoms with E-state index in [0.29, 0.717) is 77.0 Å². The highest BCUT2D eigenvalue weighted by molar-refractivity contribution is 9.10. The molecule has 21 heteroatoms. The molecule has 17 nitrogen and oxygen atoms in total. The first-order chi connectivity index (χ1) is 26.6. The van der Waals surface area contributed by atoms with Gasteiger partial charge < -0.3 is 39.4 Å². The number of halogens is 4. The smallest absolute Gasteiger partial charge is 0.490 e. The molecule has 0 aliphatic carbocycles. The van der Waals surface area contributed by atoms with E-state index >= 15 is 0 Å². The van der Waals surface area contributed by atoms with E-state index in [0.717, 1.165) is 26.1 Å². The van der Waals surface area contributed by atoms with E-state index in [1.54, 1.807) is 29.7 Å². The molecular formula is C35H40BrF3N8O9. The summed E-state index contributed by atoms with van der Waals surface area (Å²) in [6.45, 7) is 8.62. The van der Waals surface area contributed by atoms with Gasteiger partial charge in [-0.3, -0.25) is 19.8 Å². The van der Waals surface area contributed by atoms with Gasteiger partial charge in [-0.25, -0.2) is 24.5 Å². The minimum absolute atomic E-state index is 0.104. The number of anilines is 2. The summed E-state index contributed by atoms with van der Waals surface area (Å²) in [5, 5.41) is 13.2. The van der Waals surface area contributed by atoms with Crippen molar-refractivity contribution >= 4 is 62.5 Å². The van der Waals surface area contributed by atoms with Crippen LogP contribution < -0.4 is 21.1 Å². The molecule has 5 rings (SSSR count). The van der Waals surface area contributed by atoms with Crippen molar-refractivity contribution in [3.8, 4) is 5.75 Å². The third-order valence-electron chi connectivity index (χ3n) is 7.99. The summed E-state index contributed by atoms with van der Waals surface area (Å²) >= 11 is 3.43. The lowest BCUT2D eigenvalue weighted by molar-refractivity contribution is -0.192. The largest absolute Gasteiger partial charge is 0.491 e. The average Bonchev–Trinajstić information content (AvgIpc) is 3.72. The number of alkyl halides is 3. The Kier molecular flexibility index (Phi) is 15.3. The molecule has 302 valence electrons. The lowest BCUT2D eigenvalue weighted by Gasteiger charge is -2.26. The number of methoxy groups -OCH3 is 1. The first-order valence-corrected chi connectivity index (χ1v) is 17.9. The summed E-state index contributed by atoms with van der Waals surface area (Å²) in [5.41, 5.74) is 7.76. The summed E-state index contributed by atoms with van der Waals surface area (Å²) in [6, 6.07) is 4.80. The zero-order valence-electron chi connectivity index (χ0n) is 30.6. The normalized spacial score (nSPS) is 13.3. The molecule has 4 heterocycles. The van der Waals surface area contributed by atoms with Crippen LogP contribution in [0, 0.1) is 6.92 Å². The monoisotopic (exact) mass is 852 g/mol. The van der Waals surface area contributed by atoms with E-state index in [4.69, 9.17) is 34.3 Å². The van der Waals surface area contributed by atoms with Crippen LogP contribution in [0.4, 0.5) is 24.9 Å². The molecule has 3 aromatic heterocycles. The molecule has 1 aliphatic rings. The van der Waals surface area contributed by atoms with Crippen molar-refractivity contribution in [1.29, 1.82) is 0 Å². The molecule has 0 spiro atoms. The number of aryl methyl sites for hydroxylation is 2. The van der Waals surface area contributed by atoms with Gasteiger partial charge >= 0.3 is 18.1 Å². The fraction of sp³-hybridized carbons (Fsp3) is 0.400. The van der Waals surface area contributed by atoms with Gasteiger partial charge in [0.25, 0.3) is 5.91 Å². The molecular weight excluding hydrogens is 813 g/mol. The fourth-order valence-corrected chi connectivity index (χ4v) is 5.80. The molecule has 1 saturated heterocycles. The Morgan fingerprint density at radius 1 is 1.11 bits per heavy atom. The third-order valence-corrected chi connectivity index (χ3v) is 8.59. The number of oxazole rings is 1. The van der Waals surface area contributed by atoms with Crippen LogP contribution in [0.25, 0.3) is 11.0 Å². The number of esters is 1. The summed E-state index contributed by atoms with van der Waals surface area (Å²) in [4.78, 5) is 62.0. The number of ether oxygens (including phenoxy) is 3. The first kappa shape index (κ1) is 43.2. The van der Waals surface area contributed by atoms with E-state index in [1.807, 2.05) is 19.1 Å². The minimum atomic E-state index is -5.08. The van der Waals surface area contributed by atoms with Crippen molar-refractivity contribution in [1.82, 2.24) is 24.4 Å². The number of hydrogen-bond donors (Lipinski definition) is 4. The Morgan fingerprint density at radius 3 is 2.45 bits per heavy atom. The number of primary amides is 1. The number of carboxylic acid groups (broad SMARTS) is 1. The highest BCUT2D eigenvalue weighted by atomic mass is 79.9. The number of pyridine rings is 1. The van der Waals surface area contributed by atoms with Crippen molar-refractivity contribution in [3.63, 3.8) is 0 Å². The van der Waals surface area contributed by atoms with Gasteiger partial charge in [0.05, 0.1) is 48.2 Å². The molecule has 0 bridgehead atoms. The second-order valence-electron chi connectivity index (χ2n) is 11.9. The van der Waals surface area contributed by atoms with Crippen molar-refractivity contribution in [3.05, 3.63) is 69.5 Å². The van der Waals surface area contributed by atoms with Gasteiger partial charge in [-0.15, -0.1) is 0 Å². The number of carboxylic acids is 1. The number of fused-ring (bicyclic) bond motifs is 1. The van der Waals surface area contributed by atoms with E-state index in [1.165, 1.54) is 13.3 Å². The van der Waals surface area contributed by atoms with Gasteiger partial charge in [-0.1, -0.05) is 19.1 Å². The van der Waals surface area contributed by atoms with Crippen LogP contribution in [0.1, 0.15) is 56.2 Å². The number of morpholine rings is 1. The van der Waals surface area contributed by atoms with Crippen molar-refractivity contribution in [2.45, 2.75) is 39.4 Å². The lowest BCUT2D eigenvalue weighted by Crippen LogP contribution is -2.37. The molecule has 2 amide bonds. The van der Waals surface area contributed by atoms with Crippen molar-refractivity contribution < 1.29 is 56.1 Å². The van der Waals surface area contributed by atoms with Gasteiger partial charge in [-0.05, 0) is 47.0 Å². The lowest BCUT2D eigenvalue weighted by atomic mass is 10.1. The standard InChI is InChI=1S/C33H39BrN8O7.C2HF3O2/c1-4-24-28(49-20(2)38-24)31(44)40-33-39-25-17-21(29(35)43)18-26(48-13-7-9-41-11-14-47-15-12-41)27(25)42(33)10-6-5-8-36-30-23(34)16-22(19-37-30)32(45)46-3;3-2(4,5)1(6)7/h5-6,16-19H,4,7-15H2,1-3H3,(H2,35,43)(H,36,37)(H,39,40,44);(H,6,7)/b6-5+;. The summed E-state index contributed by atoms with van der Waals surface area (Å²) < 4.78 is 56.2. The second-order valence-corrected chi connectivity index (χ2v) is 12.8. The van der Waals surface area contributed by atoms with Crippen LogP contribution in [0.2, 0.25) is 0 Å². The van der Waals surface area contributed by atoms with Crippen LogP contribution >= 0.6 is 15.9 Å². The van der Waals surface area contributed by atoms with Crippen molar-refractivity contribution in [2.75, 3.05) is 63.7 Å². The first-order valence-electron chi connectivity index (χ1n) is 17.1. The highest BCUT2D eigenvalue weighted by Gasteiger charge is 2.38. The molecule has 5 N–H and O–H groups in total. The Balaban J connectivity index is 0.000000908. The number of allylic oxidation sites excluding steroid dienone is 1. The van der Waals surface area contributed by atoms with E-state index in [2.05, 4.69) is 46.4 Å². The SMILES string of the molecule is CCc1nc(C)oc1C(=O)Nc1nc2cc(C(N)=O)cc(OCCCN3CCOCC3)c2n1C/C=C/CNc1ncc(C(=O)OC)cc1Br.O=C(O)C(F)(F)F. The van der Waals surface area contributed by atoms with Crippen LogP contribution in [-0.2, 0) is 27.2 Å². The van der Waals surface area contributed by atoms with Gasteiger partial charge in [0.1, 0.15) is 17.1 Å². The van der Waals surface area contributed by atoms with Gasteiger partial charge in [-0.2, -0.15) is 13.2 Å². The Bertz CT molecular complexity index is 2060. The Labute approximate surface area is 326 Å². The summed E-state index contributed by atoms with van der Waals surface area (Å²) in [5.74, 6) is -2.72. The number of nitrogens with two attached hydrogens (primary N) is 1. The molecule has 1 aromatic carbocycles. The zero-order valence-corrected chi connectivity index (χ0v) is 32.2. The maximum atomic E-state index is 13.4. The second kappa shape index (κ2) is 19.9. The number of rotatable bonds is 15. The number of nitrogens with zero attached hydrogens (tertiary/aromatic N) is 5. The number of amides is 2. The van der Waals surface area contributed by atoms with E-state index in [-0.39, 0.29) is 23.8 Å². The van der Waals surface area contributed by atoms with Crippen LogP contribution in [-0.4, -0.2) is 113 Å². The Hall–Kier alpha value is -5.54. The molecule has 1 aliphatic heterocycles. The van der Waals surface area contributed by atoms with Crippen molar-refractivity contribution in [2.24, 2.45) is 5.73 Å². The van der Waals surface area contributed by atoms with E-state index < -0.39 is 29.9 Å². The molecule has 4 aromatic rings. The summed E-state index contributed by atoms with van der Waals surface area (Å²) in [6.07, 6.45) is 1.38. The molecule has 1 fully saturated rings. The van der Waals surface area contributed by atoms with Gasteiger partial charge in [0.2, 0.25) is 17.6 Å². The quantitative estimate of drug-likeness (QED) is 0.0729. The molecule has 0 saturated carbocycles. The number of hydrogen-bond acceptors (Lipinski definition) is 13. The minimum Gasteiger partial charge on any atom is -0.491 e. The Morgan fingerprint density at radius 2 is 1.82 bits per heavy atom. The van der Waals surface area contributed by atoms with Gasteiger partial charge in [0, 0.05) is 51.4 Å².